The standard InChI is InChI=1S/C12H11FO/c13-10-5-4-8-12(9-10)14-11-6-2-1-3-7-11/h2,4-9H,1,3H2. The zero-order valence-corrected chi connectivity index (χ0v) is 7.74. The Balaban J connectivity index is 2.10. The largest absolute Gasteiger partial charge is 0.458 e. The van der Waals surface area contributed by atoms with Crippen molar-refractivity contribution in [2.24, 2.45) is 0 Å². The maximum atomic E-state index is 12.8. The van der Waals surface area contributed by atoms with Gasteiger partial charge in [0.25, 0.3) is 0 Å². The number of hydrogen-bond acceptors (Lipinski definition) is 1. The first-order valence-electron chi connectivity index (χ1n) is 4.65. The van der Waals surface area contributed by atoms with Gasteiger partial charge in [0.1, 0.15) is 17.3 Å². The number of ether oxygens (including phenoxy) is 1. The van der Waals surface area contributed by atoms with Crippen LogP contribution < -0.4 is 4.74 Å². The maximum Gasteiger partial charge on any atom is 0.130 e. The molecule has 1 aliphatic rings. The third-order valence-corrected chi connectivity index (χ3v) is 1.99. The minimum Gasteiger partial charge on any atom is -0.458 e. The predicted molar refractivity (Wildman–Crippen MR) is 53.5 cm³/mol. The molecule has 0 bridgehead atoms. The zero-order chi connectivity index (χ0) is 9.80. The van der Waals surface area contributed by atoms with Crippen molar-refractivity contribution in [3.63, 3.8) is 0 Å². The van der Waals surface area contributed by atoms with Gasteiger partial charge in [0.2, 0.25) is 0 Å². The molecular weight excluding hydrogens is 179 g/mol. The molecule has 0 spiro atoms. The van der Waals surface area contributed by atoms with Crippen LogP contribution in [0.3, 0.4) is 0 Å². The van der Waals surface area contributed by atoms with Crippen molar-refractivity contribution in [3.05, 3.63) is 54.1 Å². The molecule has 0 fully saturated rings. The Bertz CT molecular complexity index is 380. The molecule has 0 heterocycles. The molecule has 0 aliphatic heterocycles. The molecule has 14 heavy (non-hydrogen) atoms. The average Bonchev–Trinajstić information content (AvgIpc) is 2.19. The molecule has 72 valence electrons. The fourth-order valence-corrected chi connectivity index (χ4v) is 1.33. The molecular formula is C12H11FO. The highest BCUT2D eigenvalue weighted by Gasteiger charge is 2.00. The summed E-state index contributed by atoms with van der Waals surface area (Å²) < 4.78 is 18.3. The summed E-state index contributed by atoms with van der Waals surface area (Å²) in [5.41, 5.74) is 0. The summed E-state index contributed by atoms with van der Waals surface area (Å²) in [6, 6.07) is 6.16. The maximum absolute atomic E-state index is 12.8. The van der Waals surface area contributed by atoms with Crippen LogP contribution in [0.25, 0.3) is 0 Å². The van der Waals surface area contributed by atoms with Gasteiger partial charge in [-0.05, 0) is 37.1 Å². The van der Waals surface area contributed by atoms with E-state index in [-0.39, 0.29) is 5.82 Å². The highest BCUT2D eigenvalue weighted by atomic mass is 19.1. The molecule has 0 saturated heterocycles. The Kier molecular flexibility index (Phi) is 2.63. The van der Waals surface area contributed by atoms with E-state index in [1.54, 1.807) is 12.1 Å². The van der Waals surface area contributed by atoms with Gasteiger partial charge < -0.3 is 4.74 Å². The quantitative estimate of drug-likeness (QED) is 0.694. The second kappa shape index (κ2) is 4.09. The molecule has 2 rings (SSSR count). The van der Waals surface area contributed by atoms with E-state index >= 15 is 0 Å². The molecule has 1 aliphatic carbocycles. The van der Waals surface area contributed by atoms with Gasteiger partial charge >= 0.3 is 0 Å². The molecule has 1 aromatic carbocycles. The van der Waals surface area contributed by atoms with Crippen molar-refractivity contribution in [3.8, 4) is 5.75 Å². The van der Waals surface area contributed by atoms with Crippen LogP contribution in [0.2, 0.25) is 0 Å². The van der Waals surface area contributed by atoms with Crippen molar-refractivity contribution < 1.29 is 9.13 Å². The number of rotatable bonds is 2. The van der Waals surface area contributed by atoms with Crippen molar-refractivity contribution >= 4 is 0 Å². The van der Waals surface area contributed by atoms with Crippen LogP contribution >= 0.6 is 0 Å². The summed E-state index contributed by atoms with van der Waals surface area (Å²) in [5, 5.41) is 0. The third-order valence-electron chi connectivity index (χ3n) is 1.99. The van der Waals surface area contributed by atoms with Crippen molar-refractivity contribution in [1.29, 1.82) is 0 Å². The summed E-state index contributed by atoms with van der Waals surface area (Å²) in [4.78, 5) is 0. The third kappa shape index (κ3) is 2.22. The van der Waals surface area contributed by atoms with Crippen LogP contribution in [-0.2, 0) is 0 Å². The lowest BCUT2D eigenvalue weighted by Gasteiger charge is -2.08. The number of halogens is 1. The monoisotopic (exact) mass is 190 g/mol. The van der Waals surface area contributed by atoms with E-state index in [4.69, 9.17) is 4.74 Å². The summed E-state index contributed by atoms with van der Waals surface area (Å²) in [6.45, 7) is 0. The van der Waals surface area contributed by atoms with Gasteiger partial charge in [0, 0.05) is 6.07 Å². The van der Waals surface area contributed by atoms with Gasteiger partial charge in [-0.3, -0.25) is 0 Å². The van der Waals surface area contributed by atoms with Gasteiger partial charge in [-0.15, -0.1) is 0 Å². The summed E-state index contributed by atoms with van der Waals surface area (Å²) in [5.74, 6) is 1.06. The van der Waals surface area contributed by atoms with E-state index in [1.807, 2.05) is 12.2 Å². The van der Waals surface area contributed by atoms with E-state index in [1.165, 1.54) is 12.1 Å². The van der Waals surface area contributed by atoms with Crippen molar-refractivity contribution in [2.75, 3.05) is 0 Å². The Labute approximate surface area is 82.5 Å². The molecule has 0 N–H and O–H groups in total. The number of benzene rings is 1. The molecule has 1 nitrogen and oxygen atoms in total. The van der Waals surface area contributed by atoms with Crippen LogP contribution in [0.5, 0.6) is 5.75 Å². The van der Waals surface area contributed by atoms with Crippen LogP contribution in [0, 0.1) is 5.82 Å². The molecule has 0 unspecified atom stereocenters. The first kappa shape index (κ1) is 9.00. The highest BCUT2D eigenvalue weighted by Crippen LogP contribution is 2.18. The lowest BCUT2D eigenvalue weighted by molar-refractivity contribution is 0.435. The normalized spacial score (nSPS) is 15.1. The first-order valence-corrected chi connectivity index (χ1v) is 4.65. The summed E-state index contributed by atoms with van der Waals surface area (Å²) in [7, 11) is 0. The van der Waals surface area contributed by atoms with Gasteiger partial charge in [-0.1, -0.05) is 12.1 Å². The molecule has 2 heteroatoms. The minimum atomic E-state index is -0.275. The Morgan fingerprint density at radius 1 is 1.21 bits per heavy atom. The smallest absolute Gasteiger partial charge is 0.130 e. The van der Waals surface area contributed by atoms with Gasteiger partial charge in [0.15, 0.2) is 0 Å². The summed E-state index contributed by atoms with van der Waals surface area (Å²) in [6.07, 6.45) is 8.01. The molecule has 0 aromatic heterocycles. The van der Waals surface area contributed by atoms with Gasteiger partial charge in [-0.25, -0.2) is 4.39 Å². The Morgan fingerprint density at radius 3 is 2.86 bits per heavy atom. The number of allylic oxidation sites excluding steroid dienone is 3. The summed E-state index contributed by atoms with van der Waals surface area (Å²) >= 11 is 0. The molecule has 0 radical (unpaired) electrons. The van der Waals surface area contributed by atoms with Crippen molar-refractivity contribution in [2.45, 2.75) is 12.8 Å². The molecule has 0 amide bonds. The van der Waals surface area contributed by atoms with Gasteiger partial charge in [0.05, 0.1) is 0 Å². The molecule has 0 saturated carbocycles. The number of hydrogen-bond donors (Lipinski definition) is 0. The van der Waals surface area contributed by atoms with E-state index in [0.29, 0.717) is 5.75 Å². The fraction of sp³-hybridized carbons (Fsp3) is 0.167. The highest BCUT2D eigenvalue weighted by molar-refractivity contribution is 5.28. The lowest BCUT2D eigenvalue weighted by atomic mass is 10.2. The Hall–Kier alpha value is -1.57. The SMILES string of the molecule is Fc1cccc(OC2=CCCC=C2)c1. The second-order valence-electron chi connectivity index (χ2n) is 3.15. The van der Waals surface area contributed by atoms with Crippen LogP contribution in [0.15, 0.2) is 48.3 Å². The minimum absolute atomic E-state index is 0.275. The molecule has 0 atom stereocenters. The van der Waals surface area contributed by atoms with Crippen LogP contribution in [-0.4, -0.2) is 0 Å². The topological polar surface area (TPSA) is 9.23 Å². The molecule has 1 aromatic rings. The Morgan fingerprint density at radius 2 is 2.14 bits per heavy atom. The van der Waals surface area contributed by atoms with E-state index in [0.717, 1.165) is 18.6 Å². The second-order valence-corrected chi connectivity index (χ2v) is 3.15. The average molecular weight is 190 g/mol. The first-order chi connectivity index (χ1) is 6.84. The lowest BCUT2D eigenvalue weighted by Crippen LogP contribution is -1.95. The van der Waals surface area contributed by atoms with Crippen LogP contribution in [0.4, 0.5) is 4.39 Å². The van der Waals surface area contributed by atoms with Crippen LogP contribution in [0.1, 0.15) is 12.8 Å². The van der Waals surface area contributed by atoms with Gasteiger partial charge in [-0.2, -0.15) is 0 Å². The fourth-order valence-electron chi connectivity index (χ4n) is 1.33. The van der Waals surface area contributed by atoms with Crippen molar-refractivity contribution in [1.82, 2.24) is 0 Å². The van der Waals surface area contributed by atoms with E-state index in [9.17, 15) is 4.39 Å². The van der Waals surface area contributed by atoms with E-state index in [2.05, 4.69) is 6.08 Å². The predicted octanol–water partition coefficient (Wildman–Crippen LogP) is 3.44. The van der Waals surface area contributed by atoms with E-state index < -0.39 is 0 Å². The zero-order valence-electron chi connectivity index (χ0n) is 7.74.